The van der Waals surface area contributed by atoms with Crippen molar-refractivity contribution in [1.29, 1.82) is 0 Å². The second kappa shape index (κ2) is 7.32. The van der Waals surface area contributed by atoms with Gasteiger partial charge in [0.25, 0.3) is 5.56 Å². The molecule has 3 aromatic rings. The third-order valence-corrected chi connectivity index (χ3v) is 4.00. The molecule has 0 aliphatic carbocycles. The fourth-order valence-corrected chi connectivity index (χ4v) is 2.55. The molecule has 0 atom stereocenters. The molecular formula is C19H16ClNO3. The van der Waals surface area contributed by atoms with Crippen LogP contribution in [0.2, 0.25) is 5.02 Å². The number of H-pyrrole nitrogens is 1. The molecule has 0 aliphatic heterocycles. The van der Waals surface area contributed by atoms with Crippen LogP contribution in [0.3, 0.4) is 0 Å². The molecular weight excluding hydrogens is 326 g/mol. The van der Waals surface area contributed by atoms with Crippen molar-refractivity contribution in [3.63, 3.8) is 0 Å². The maximum absolute atomic E-state index is 12.0. The number of para-hydroxylation sites is 1. The van der Waals surface area contributed by atoms with Crippen LogP contribution in [0.5, 0.6) is 0 Å². The van der Waals surface area contributed by atoms with Gasteiger partial charge >= 0.3 is 5.97 Å². The Balaban J connectivity index is 1.59. The summed E-state index contributed by atoms with van der Waals surface area (Å²) in [5.74, 6) is -0.336. The summed E-state index contributed by atoms with van der Waals surface area (Å²) in [6, 6.07) is 16.6. The zero-order valence-corrected chi connectivity index (χ0v) is 13.7. The van der Waals surface area contributed by atoms with Crippen LogP contribution in [0.15, 0.2) is 59.4 Å². The number of ether oxygens (including phenoxy) is 1. The quantitative estimate of drug-likeness (QED) is 0.717. The number of carbonyl (C=O) groups excluding carboxylic acids is 1. The molecule has 3 rings (SSSR count). The third kappa shape index (κ3) is 4.03. The number of pyridine rings is 1. The fourth-order valence-electron chi connectivity index (χ4n) is 2.43. The largest absolute Gasteiger partial charge is 0.461 e. The molecule has 1 aromatic heterocycles. The number of nitrogens with one attached hydrogen (secondary N) is 1. The van der Waals surface area contributed by atoms with E-state index in [0.717, 1.165) is 16.5 Å². The highest BCUT2D eigenvalue weighted by Gasteiger charge is 2.08. The highest BCUT2D eigenvalue weighted by atomic mass is 35.5. The van der Waals surface area contributed by atoms with E-state index in [9.17, 15) is 9.59 Å². The smallest absolute Gasteiger partial charge is 0.306 e. The molecule has 122 valence electrons. The first-order valence-corrected chi connectivity index (χ1v) is 8.00. The highest BCUT2D eigenvalue weighted by Crippen LogP contribution is 2.13. The molecule has 5 heteroatoms. The number of aromatic amines is 1. The summed E-state index contributed by atoms with van der Waals surface area (Å²) in [6.45, 7) is -0.0282. The number of rotatable bonds is 5. The minimum Gasteiger partial charge on any atom is -0.461 e. The van der Waals surface area contributed by atoms with Gasteiger partial charge in [0.15, 0.2) is 0 Å². The molecule has 4 nitrogen and oxygen atoms in total. The minimum atomic E-state index is -0.336. The average Bonchev–Trinajstić information content (AvgIpc) is 2.59. The summed E-state index contributed by atoms with van der Waals surface area (Å²) in [5.41, 5.74) is 1.98. The number of esters is 1. The molecule has 0 bridgehead atoms. The molecule has 1 N–H and O–H groups in total. The van der Waals surface area contributed by atoms with E-state index < -0.39 is 0 Å². The lowest BCUT2D eigenvalue weighted by Gasteiger charge is -2.06. The Kier molecular flexibility index (Phi) is 4.96. The third-order valence-electron chi connectivity index (χ3n) is 3.75. The summed E-state index contributed by atoms with van der Waals surface area (Å²) in [5, 5.41) is 1.57. The lowest BCUT2D eigenvalue weighted by Crippen LogP contribution is -2.15. The van der Waals surface area contributed by atoms with Crippen molar-refractivity contribution in [3.05, 3.63) is 81.1 Å². The van der Waals surface area contributed by atoms with Crippen LogP contribution in [0.1, 0.15) is 17.5 Å². The molecule has 2 aromatic carbocycles. The van der Waals surface area contributed by atoms with Crippen LogP contribution >= 0.6 is 11.6 Å². The molecule has 0 amide bonds. The monoisotopic (exact) mass is 341 g/mol. The number of hydrogen-bond acceptors (Lipinski definition) is 3. The highest BCUT2D eigenvalue weighted by molar-refractivity contribution is 6.30. The lowest BCUT2D eigenvalue weighted by molar-refractivity contribution is -0.144. The van der Waals surface area contributed by atoms with E-state index in [-0.39, 0.29) is 24.6 Å². The van der Waals surface area contributed by atoms with Gasteiger partial charge in [-0.25, -0.2) is 0 Å². The number of benzene rings is 2. The van der Waals surface area contributed by atoms with Gasteiger partial charge in [-0.3, -0.25) is 9.59 Å². The van der Waals surface area contributed by atoms with Gasteiger partial charge in [0.2, 0.25) is 0 Å². The predicted molar refractivity (Wildman–Crippen MR) is 94.1 cm³/mol. The zero-order chi connectivity index (χ0) is 16.9. The average molecular weight is 342 g/mol. The summed E-state index contributed by atoms with van der Waals surface area (Å²) >= 11 is 5.82. The van der Waals surface area contributed by atoms with Crippen LogP contribution in [-0.2, 0) is 22.6 Å². The van der Waals surface area contributed by atoms with Gasteiger partial charge in [0, 0.05) is 17.0 Å². The van der Waals surface area contributed by atoms with Crippen LogP contribution < -0.4 is 5.56 Å². The van der Waals surface area contributed by atoms with Crippen LogP contribution in [0.4, 0.5) is 0 Å². The Morgan fingerprint density at radius 3 is 2.62 bits per heavy atom. The second-order valence-corrected chi connectivity index (χ2v) is 5.93. The molecule has 0 aliphatic rings. The summed E-state index contributed by atoms with van der Waals surface area (Å²) in [6.07, 6.45) is 0.831. The summed E-state index contributed by atoms with van der Waals surface area (Å²) < 4.78 is 5.22. The first-order chi connectivity index (χ1) is 11.6. The minimum absolute atomic E-state index is 0.0282. The van der Waals surface area contributed by atoms with Gasteiger partial charge < -0.3 is 9.72 Å². The van der Waals surface area contributed by atoms with E-state index >= 15 is 0 Å². The van der Waals surface area contributed by atoms with Gasteiger partial charge in [0.05, 0.1) is 5.56 Å². The Morgan fingerprint density at radius 2 is 1.83 bits per heavy atom. The molecule has 0 radical (unpaired) electrons. The van der Waals surface area contributed by atoms with Crippen molar-refractivity contribution in [2.75, 3.05) is 0 Å². The molecule has 0 saturated carbocycles. The Bertz CT molecular complexity index is 916. The Morgan fingerprint density at radius 1 is 1.08 bits per heavy atom. The Labute approximate surface area is 144 Å². The Hall–Kier alpha value is -2.59. The maximum atomic E-state index is 12.0. The molecule has 0 unspecified atom stereocenters. The van der Waals surface area contributed by atoms with E-state index in [4.69, 9.17) is 16.3 Å². The van der Waals surface area contributed by atoms with Gasteiger partial charge in [0.1, 0.15) is 6.61 Å². The van der Waals surface area contributed by atoms with Gasteiger partial charge in [-0.05, 0) is 41.6 Å². The van der Waals surface area contributed by atoms with Crippen molar-refractivity contribution in [3.8, 4) is 0 Å². The van der Waals surface area contributed by atoms with Crippen molar-refractivity contribution < 1.29 is 9.53 Å². The van der Waals surface area contributed by atoms with Crippen LogP contribution in [0, 0.1) is 0 Å². The van der Waals surface area contributed by atoms with Crippen LogP contribution in [0.25, 0.3) is 10.9 Å². The van der Waals surface area contributed by atoms with Crippen molar-refractivity contribution in [2.24, 2.45) is 0 Å². The molecule has 1 heterocycles. The van der Waals surface area contributed by atoms with Gasteiger partial charge in [-0.2, -0.15) is 0 Å². The molecule has 24 heavy (non-hydrogen) atoms. The molecule has 0 spiro atoms. The lowest BCUT2D eigenvalue weighted by atomic mass is 10.1. The van der Waals surface area contributed by atoms with Crippen molar-refractivity contribution >= 4 is 28.5 Å². The van der Waals surface area contributed by atoms with Crippen molar-refractivity contribution in [1.82, 2.24) is 4.98 Å². The van der Waals surface area contributed by atoms with Gasteiger partial charge in [-0.1, -0.05) is 41.9 Å². The summed E-state index contributed by atoms with van der Waals surface area (Å²) in [4.78, 5) is 26.7. The number of aryl methyl sites for hydroxylation is 1. The van der Waals surface area contributed by atoms with E-state index in [1.165, 1.54) is 0 Å². The molecule has 0 fully saturated rings. The number of carbonyl (C=O) groups is 1. The number of halogens is 1. The number of fused-ring (bicyclic) bond motifs is 1. The number of hydrogen-bond donors (Lipinski definition) is 1. The first-order valence-electron chi connectivity index (χ1n) is 7.63. The fraction of sp³-hybridized carbons (Fsp3) is 0.158. The normalized spacial score (nSPS) is 10.7. The van der Waals surface area contributed by atoms with Gasteiger partial charge in [-0.15, -0.1) is 0 Å². The first kappa shape index (κ1) is 16.3. The standard InChI is InChI=1S/C19H16ClNO3/c20-16-8-5-13(6-9-16)7-10-18(22)24-12-15-11-14-3-1-2-4-17(14)21-19(15)23/h1-6,8-9,11H,7,10,12H2,(H,21,23). The second-order valence-electron chi connectivity index (χ2n) is 5.50. The van der Waals surface area contributed by atoms with Crippen molar-refractivity contribution in [2.45, 2.75) is 19.4 Å². The van der Waals surface area contributed by atoms with Crippen LogP contribution in [-0.4, -0.2) is 11.0 Å². The summed E-state index contributed by atoms with van der Waals surface area (Å²) in [7, 11) is 0. The number of aromatic nitrogens is 1. The van der Waals surface area contributed by atoms with E-state index in [0.29, 0.717) is 17.0 Å². The SMILES string of the molecule is O=C(CCc1ccc(Cl)cc1)OCc1cc2ccccc2[nH]c1=O. The molecule has 0 saturated heterocycles. The van der Waals surface area contributed by atoms with E-state index in [1.807, 2.05) is 36.4 Å². The zero-order valence-electron chi connectivity index (χ0n) is 12.9. The topological polar surface area (TPSA) is 59.2 Å². The predicted octanol–water partition coefficient (Wildman–Crippen LogP) is 3.86. The van der Waals surface area contributed by atoms with E-state index in [1.54, 1.807) is 18.2 Å². The van der Waals surface area contributed by atoms with E-state index in [2.05, 4.69) is 4.98 Å². The maximum Gasteiger partial charge on any atom is 0.306 e.